The average Bonchev–Trinajstić information content (AvgIpc) is 3.80. The van der Waals surface area contributed by atoms with Gasteiger partial charge in [-0.05, 0) is 74.8 Å². The van der Waals surface area contributed by atoms with Gasteiger partial charge in [0.1, 0.15) is 23.6 Å². The maximum absolute atomic E-state index is 14.5. The lowest BCUT2D eigenvalue weighted by Crippen LogP contribution is -2.38. The summed E-state index contributed by atoms with van der Waals surface area (Å²) in [7, 11) is 0. The molecule has 1 saturated heterocycles. The van der Waals surface area contributed by atoms with Gasteiger partial charge in [0.05, 0.1) is 17.8 Å². The number of benzene rings is 1. The van der Waals surface area contributed by atoms with Crippen LogP contribution in [0.2, 0.25) is 0 Å². The molecule has 0 radical (unpaired) electrons. The topological polar surface area (TPSA) is 97.6 Å². The zero-order valence-corrected chi connectivity index (χ0v) is 25.9. The summed E-state index contributed by atoms with van der Waals surface area (Å²) in [5.74, 6) is -7.14. The van der Waals surface area contributed by atoms with Crippen molar-refractivity contribution in [3.05, 3.63) is 101 Å². The van der Waals surface area contributed by atoms with E-state index in [-0.39, 0.29) is 28.8 Å². The van der Waals surface area contributed by atoms with E-state index in [9.17, 15) is 36.6 Å². The van der Waals surface area contributed by atoms with Crippen LogP contribution in [0.1, 0.15) is 84.2 Å². The maximum atomic E-state index is 14.5. The lowest BCUT2D eigenvalue weighted by molar-refractivity contribution is -0.291. The summed E-state index contributed by atoms with van der Waals surface area (Å²) in [4.78, 5) is 30.2. The molecule has 3 heterocycles. The Hall–Kier alpha value is -4.55. The molecule has 0 bridgehead atoms. The summed E-state index contributed by atoms with van der Waals surface area (Å²) in [5.41, 5.74) is -0.756. The summed E-state index contributed by atoms with van der Waals surface area (Å²) < 4.78 is 75.4. The van der Waals surface area contributed by atoms with Gasteiger partial charge in [-0.25, -0.2) is 14.5 Å². The van der Waals surface area contributed by atoms with Gasteiger partial charge in [-0.2, -0.15) is 27.1 Å². The number of piperidine rings is 1. The second-order valence-corrected chi connectivity index (χ2v) is 11.8. The Kier molecular flexibility index (Phi) is 9.83. The molecule has 0 spiro atoms. The number of carbonyl (C=O) groups excluding carboxylic acids is 1. The first-order valence-electron chi connectivity index (χ1n) is 15.4. The molecule has 1 unspecified atom stereocenters. The van der Waals surface area contributed by atoms with Crippen LogP contribution in [-0.2, 0) is 22.1 Å². The molecule has 5 rings (SSSR count). The number of likely N-dealkylation sites (tertiary alicyclic amines) is 1. The largest absolute Gasteiger partial charge is 0.493 e. The minimum atomic E-state index is -6.07. The van der Waals surface area contributed by atoms with Crippen LogP contribution in [0, 0.1) is 5.92 Å². The van der Waals surface area contributed by atoms with Gasteiger partial charge in [0.15, 0.2) is 5.82 Å². The van der Waals surface area contributed by atoms with Gasteiger partial charge in [-0.3, -0.25) is 4.79 Å². The third kappa shape index (κ3) is 7.39. The first kappa shape index (κ1) is 33.8. The van der Waals surface area contributed by atoms with Crippen molar-refractivity contribution in [3.63, 3.8) is 0 Å². The maximum Gasteiger partial charge on any atom is 0.459 e. The first-order valence-corrected chi connectivity index (χ1v) is 15.4. The van der Waals surface area contributed by atoms with Crippen LogP contribution < -0.4 is 0 Å². The average molecular weight is 659 g/mol. The fourth-order valence-electron chi connectivity index (χ4n) is 5.64. The summed E-state index contributed by atoms with van der Waals surface area (Å²) in [6, 6.07) is 12.2. The van der Waals surface area contributed by atoms with E-state index in [0.29, 0.717) is 17.9 Å². The van der Waals surface area contributed by atoms with E-state index < -0.39 is 41.1 Å². The Bertz CT molecular complexity index is 1650. The molecule has 13 heteroatoms. The molecule has 47 heavy (non-hydrogen) atoms. The number of halogens is 5. The van der Waals surface area contributed by atoms with Gasteiger partial charge in [-0.1, -0.05) is 42.5 Å². The van der Waals surface area contributed by atoms with Crippen LogP contribution in [0.3, 0.4) is 0 Å². The summed E-state index contributed by atoms with van der Waals surface area (Å²) in [5, 5.41) is 12.9. The van der Waals surface area contributed by atoms with Gasteiger partial charge < -0.3 is 14.7 Å². The zero-order valence-electron chi connectivity index (χ0n) is 25.9. The minimum absolute atomic E-state index is 0.200. The van der Waals surface area contributed by atoms with Crippen LogP contribution in [0.5, 0.6) is 0 Å². The van der Waals surface area contributed by atoms with E-state index in [4.69, 9.17) is 4.74 Å². The number of nitrogens with zero attached hydrogens (tertiary/aromatic N) is 4. The van der Waals surface area contributed by atoms with E-state index in [0.717, 1.165) is 50.4 Å². The number of aromatic carboxylic acids is 1. The van der Waals surface area contributed by atoms with Crippen LogP contribution in [0.25, 0.3) is 5.82 Å². The van der Waals surface area contributed by atoms with Crippen LogP contribution in [-0.4, -0.2) is 55.9 Å². The van der Waals surface area contributed by atoms with Crippen LogP contribution in [0.4, 0.5) is 22.0 Å². The zero-order chi connectivity index (χ0) is 33.9. The number of rotatable bonds is 11. The van der Waals surface area contributed by atoms with Gasteiger partial charge in [-0.15, -0.1) is 0 Å². The second-order valence-electron chi connectivity index (χ2n) is 11.8. The van der Waals surface area contributed by atoms with E-state index in [2.05, 4.69) is 22.2 Å². The standard InChI is InChI=1S/C34H35F5N4O4/c1-3-4-7-28(47-20-22-9-11-23(12-10-22)24-15-17-42(18-16-24)31(44)25-13-14-25)21(2)27-6-5-8-29(41-27)43-30(26(19-40-43)32(45)46)33(35,36)34(37,38)39/h3-12,19,21,24-25H,13-18,20H2,1-2H3,(H,45,46). The minimum Gasteiger partial charge on any atom is -0.493 e. The summed E-state index contributed by atoms with van der Waals surface area (Å²) in [6.07, 6.45) is 3.45. The lowest BCUT2D eigenvalue weighted by atomic mass is 9.89. The van der Waals surface area contributed by atoms with Crippen molar-refractivity contribution in [2.45, 2.75) is 70.1 Å². The second kappa shape index (κ2) is 13.7. The van der Waals surface area contributed by atoms with Crippen molar-refractivity contribution in [1.82, 2.24) is 19.7 Å². The quantitative estimate of drug-likeness (QED) is 0.130. The van der Waals surface area contributed by atoms with E-state index in [1.807, 2.05) is 24.0 Å². The number of carbonyl (C=O) groups is 2. The Labute approximate surface area is 268 Å². The number of hydrogen-bond acceptors (Lipinski definition) is 5. The molecule has 1 N–H and O–H groups in total. The summed E-state index contributed by atoms with van der Waals surface area (Å²) >= 11 is 0. The molecule has 1 aliphatic heterocycles. The number of ether oxygens (including phenoxy) is 1. The molecule has 8 nitrogen and oxygen atoms in total. The van der Waals surface area contributed by atoms with Crippen molar-refractivity contribution in [3.8, 4) is 5.82 Å². The highest BCUT2D eigenvalue weighted by Gasteiger charge is 2.62. The van der Waals surface area contributed by atoms with Crippen molar-refractivity contribution in [1.29, 1.82) is 0 Å². The Balaban J connectivity index is 1.30. The number of pyridine rings is 1. The molecular weight excluding hydrogens is 623 g/mol. The number of amides is 1. The van der Waals surface area contributed by atoms with Gasteiger partial charge in [0.2, 0.25) is 5.91 Å². The smallest absolute Gasteiger partial charge is 0.459 e. The predicted octanol–water partition coefficient (Wildman–Crippen LogP) is 7.52. The third-order valence-electron chi connectivity index (χ3n) is 8.54. The van der Waals surface area contributed by atoms with Gasteiger partial charge >= 0.3 is 18.1 Å². The molecule has 2 aromatic heterocycles. The third-order valence-corrected chi connectivity index (χ3v) is 8.54. The monoisotopic (exact) mass is 658 g/mol. The number of alkyl halides is 5. The van der Waals surface area contributed by atoms with E-state index in [1.54, 1.807) is 31.2 Å². The molecule has 1 aliphatic carbocycles. The Morgan fingerprint density at radius 1 is 1.04 bits per heavy atom. The number of aromatic nitrogens is 3. The molecular formula is C34H35F5N4O4. The number of carboxylic acid groups (broad SMARTS) is 1. The van der Waals surface area contributed by atoms with E-state index in [1.165, 1.54) is 11.6 Å². The van der Waals surface area contributed by atoms with Crippen molar-refractivity contribution in [2.24, 2.45) is 5.92 Å². The van der Waals surface area contributed by atoms with E-state index >= 15 is 0 Å². The fourth-order valence-corrected chi connectivity index (χ4v) is 5.64. The van der Waals surface area contributed by atoms with Crippen molar-refractivity contribution < 1.29 is 41.4 Å². The van der Waals surface area contributed by atoms with Crippen molar-refractivity contribution in [2.75, 3.05) is 13.1 Å². The summed E-state index contributed by atoms with van der Waals surface area (Å²) in [6.45, 7) is 5.28. The van der Waals surface area contributed by atoms with Gasteiger partial charge in [0.25, 0.3) is 0 Å². The SMILES string of the molecule is CC=CC=C(OCc1ccc(C2CCN(C(=O)C3CC3)CC2)cc1)C(C)c1cccc(-n2ncc(C(=O)O)c2C(F)(F)C(F)(F)F)n1. The highest BCUT2D eigenvalue weighted by molar-refractivity contribution is 5.89. The molecule has 250 valence electrons. The van der Waals surface area contributed by atoms with Gasteiger partial charge in [0, 0.05) is 19.0 Å². The number of hydrogen-bond donors (Lipinski definition) is 1. The highest BCUT2D eigenvalue weighted by atomic mass is 19.4. The lowest BCUT2D eigenvalue weighted by Gasteiger charge is -2.32. The number of allylic oxidation sites excluding steroid dienone is 4. The number of carboxylic acids is 1. The highest BCUT2D eigenvalue weighted by Crippen LogP contribution is 2.45. The molecule has 2 aliphatic rings. The molecule has 2 fully saturated rings. The molecule has 1 amide bonds. The Morgan fingerprint density at radius 3 is 2.32 bits per heavy atom. The molecule has 3 aromatic rings. The molecule has 1 saturated carbocycles. The van der Waals surface area contributed by atoms with Crippen LogP contribution in [0.15, 0.2) is 72.6 Å². The molecule has 1 aromatic carbocycles. The normalized spacial score (nSPS) is 17.3. The fraction of sp³-hybridized carbons (Fsp3) is 0.412. The van der Waals surface area contributed by atoms with Crippen LogP contribution >= 0.6 is 0 Å². The first-order chi connectivity index (χ1) is 22.3. The Morgan fingerprint density at radius 2 is 1.72 bits per heavy atom. The predicted molar refractivity (Wildman–Crippen MR) is 162 cm³/mol. The van der Waals surface area contributed by atoms with Crippen molar-refractivity contribution >= 4 is 11.9 Å². The molecule has 1 atom stereocenters.